The Morgan fingerprint density at radius 1 is 1.26 bits per heavy atom. The van der Waals surface area contributed by atoms with Crippen molar-refractivity contribution < 1.29 is 0 Å². The van der Waals surface area contributed by atoms with Gasteiger partial charge in [0.15, 0.2) is 0 Å². The molecule has 0 aliphatic carbocycles. The van der Waals surface area contributed by atoms with E-state index in [-0.39, 0.29) is 5.56 Å². The van der Waals surface area contributed by atoms with Gasteiger partial charge in [0.05, 0.1) is 5.69 Å². The maximum atomic E-state index is 11.5. The fourth-order valence-electron chi connectivity index (χ4n) is 2.19. The molecule has 4 heteroatoms. The fourth-order valence-corrected chi connectivity index (χ4v) is 2.19. The van der Waals surface area contributed by atoms with Crippen LogP contribution in [0.15, 0.2) is 29.2 Å². The average molecular weight is 259 g/mol. The highest BCUT2D eigenvalue weighted by Crippen LogP contribution is 2.15. The summed E-state index contributed by atoms with van der Waals surface area (Å²) in [7, 11) is 2.07. The summed E-state index contributed by atoms with van der Waals surface area (Å²) in [6, 6.07) is 5.63. The van der Waals surface area contributed by atoms with Crippen molar-refractivity contribution in [3.05, 3.63) is 51.7 Å². The third-order valence-electron chi connectivity index (χ3n) is 3.69. The molecule has 19 heavy (non-hydrogen) atoms. The minimum absolute atomic E-state index is 0.0415. The van der Waals surface area contributed by atoms with Crippen molar-refractivity contribution in [3.8, 4) is 0 Å². The molecule has 0 radical (unpaired) electrons. The molecule has 0 aliphatic heterocycles. The van der Waals surface area contributed by atoms with Gasteiger partial charge in [-0.05, 0) is 38.5 Å². The average Bonchev–Trinajstić information content (AvgIpc) is 2.65. The lowest BCUT2D eigenvalue weighted by Gasteiger charge is -2.09. The van der Waals surface area contributed by atoms with Crippen LogP contribution in [0.25, 0.3) is 0 Å². The van der Waals surface area contributed by atoms with E-state index in [1.807, 2.05) is 19.2 Å². The van der Waals surface area contributed by atoms with Crippen LogP contribution in [-0.2, 0) is 20.1 Å². The van der Waals surface area contributed by atoms with Crippen molar-refractivity contribution in [3.63, 3.8) is 0 Å². The molecule has 0 saturated heterocycles. The molecule has 102 valence electrons. The van der Waals surface area contributed by atoms with Crippen LogP contribution in [0.2, 0.25) is 0 Å². The van der Waals surface area contributed by atoms with Gasteiger partial charge in [-0.1, -0.05) is 0 Å². The molecule has 0 atom stereocenters. The first-order valence-corrected chi connectivity index (χ1v) is 6.59. The highest BCUT2D eigenvalue weighted by Gasteiger charge is 2.05. The predicted octanol–water partition coefficient (Wildman–Crippen LogP) is 2.44. The normalized spacial score (nSPS) is 10.7. The number of nitrogens with zero attached hydrogens (tertiary/aromatic N) is 2. The molecule has 0 saturated carbocycles. The van der Waals surface area contributed by atoms with Gasteiger partial charge >= 0.3 is 0 Å². The van der Waals surface area contributed by atoms with Crippen LogP contribution >= 0.6 is 0 Å². The summed E-state index contributed by atoms with van der Waals surface area (Å²) in [6.07, 6.45) is 1.87. The Balaban J connectivity index is 2.14. The molecule has 0 spiro atoms. The third-order valence-corrected chi connectivity index (χ3v) is 3.69. The van der Waals surface area contributed by atoms with Crippen molar-refractivity contribution in [2.75, 3.05) is 5.32 Å². The van der Waals surface area contributed by atoms with Crippen LogP contribution in [0.1, 0.15) is 23.9 Å². The summed E-state index contributed by atoms with van der Waals surface area (Å²) in [5.41, 5.74) is 4.83. The maximum absolute atomic E-state index is 11.5. The second kappa shape index (κ2) is 5.34. The third kappa shape index (κ3) is 2.72. The van der Waals surface area contributed by atoms with E-state index in [0.29, 0.717) is 6.54 Å². The van der Waals surface area contributed by atoms with Crippen LogP contribution in [-0.4, -0.2) is 9.13 Å². The Labute approximate surface area is 113 Å². The molecule has 2 rings (SSSR count). The van der Waals surface area contributed by atoms with Gasteiger partial charge in [-0.2, -0.15) is 0 Å². The smallest absolute Gasteiger partial charge is 0.250 e. The molecular weight excluding hydrogens is 238 g/mol. The van der Waals surface area contributed by atoms with Gasteiger partial charge in [-0.3, -0.25) is 4.79 Å². The van der Waals surface area contributed by atoms with E-state index in [1.54, 1.807) is 10.6 Å². The highest BCUT2D eigenvalue weighted by atomic mass is 16.1. The van der Waals surface area contributed by atoms with E-state index in [9.17, 15) is 4.79 Å². The van der Waals surface area contributed by atoms with Crippen molar-refractivity contribution in [1.82, 2.24) is 9.13 Å². The molecular formula is C15H21N3O. The van der Waals surface area contributed by atoms with Crippen molar-refractivity contribution >= 4 is 5.69 Å². The summed E-state index contributed by atoms with van der Waals surface area (Å²) in [5.74, 6) is 0. The number of hydrogen-bond acceptors (Lipinski definition) is 2. The molecule has 2 aromatic heterocycles. The topological polar surface area (TPSA) is 39.0 Å². The number of rotatable bonds is 4. The first kappa shape index (κ1) is 13.5. The number of nitrogens with one attached hydrogen (secondary N) is 1. The molecule has 0 fully saturated rings. The lowest BCUT2D eigenvalue weighted by Crippen LogP contribution is -2.17. The van der Waals surface area contributed by atoms with Gasteiger partial charge in [0.1, 0.15) is 0 Å². The minimum atomic E-state index is 0.0415. The zero-order chi connectivity index (χ0) is 14.0. The van der Waals surface area contributed by atoms with E-state index in [4.69, 9.17) is 0 Å². The van der Waals surface area contributed by atoms with Gasteiger partial charge < -0.3 is 14.5 Å². The van der Waals surface area contributed by atoms with Gasteiger partial charge in [0.25, 0.3) is 5.56 Å². The van der Waals surface area contributed by atoms with Gasteiger partial charge in [-0.15, -0.1) is 0 Å². The van der Waals surface area contributed by atoms with Crippen LogP contribution in [0, 0.1) is 13.8 Å². The van der Waals surface area contributed by atoms with Crippen LogP contribution < -0.4 is 10.9 Å². The monoisotopic (exact) mass is 259 g/mol. The molecule has 0 bridgehead atoms. The molecule has 0 unspecified atom stereocenters. The van der Waals surface area contributed by atoms with Crippen LogP contribution in [0.3, 0.4) is 0 Å². The second-order valence-electron chi connectivity index (χ2n) is 4.85. The van der Waals surface area contributed by atoms with E-state index in [2.05, 4.69) is 36.8 Å². The molecule has 1 N–H and O–H groups in total. The molecule has 4 nitrogen and oxygen atoms in total. The second-order valence-corrected chi connectivity index (χ2v) is 4.85. The lowest BCUT2D eigenvalue weighted by atomic mass is 10.2. The van der Waals surface area contributed by atoms with Crippen molar-refractivity contribution in [2.24, 2.45) is 7.05 Å². The zero-order valence-electron chi connectivity index (χ0n) is 12.0. The number of anilines is 1. The molecule has 0 aromatic carbocycles. The fraction of sp³-hybridized carbons (Fsp3) is 0.400. The Morgan fingerprint density at radius 3 is 2.58 bits per heavy atom. The van der Waals surface area contributed by atoms with E-state index < -0.39 is 0 Å². The van der Waals surface area contributed by atoms with Crippen LogP contribution in [0.5, 0.6) is 0 Å². The van der Waals surface area contributed by atoms with E-state index in [1.165, 1.54) is 17.0 Å². The highest BCUT2D eigenvalue weighted by molar-refractivity contribution is 5.42. The van der Waals surface area contributed by atoms with Gasteiger partial charge in [-0.25, -0.2) is 0 Å². The van der Waals surface area contributed by atoms with E-state index >= 15 is 0 Å². The number of pyridine rings is 1. The Kier molecular flexibility index (Phi) is 3.79. The van der Waals surface area contributed by atoms with Crippen molar-refractivity contribution in [2.45, 2.75) is 33.9 Å². The molecule has 2 heterocycles. The first-order valence-electron chi connectivity index (χ1n) is 6.59. The summed E-state index contributed by atoms with van der Waals surface area (Å²) < 4.78 is 3.88. The quantitative estimate of drug-likeness (QED) is 0.916. The Morgan fingerprint density at radius 2 is 2.00 bits per heavy atom. The van der Waals surface area contributed by atoms with Crippen molar-refractivity contribution in [1.29, 1.82) is 0 Å². The standard InChI is InChI=1S/C15H21N3O/c1-5-18-10-14(6-7-15(18)19)16-9-13-8-11(2)17(4)12(13)3/h6-8,10,16H,5,9H2,1-4H3. The maximum Gasteiger partial charge on any atom is 0.250 e. The summed E-state index contributed by atoms with van der Waals surface area (Å²) in [5, 5.41) is 3.37. The minimum Gasteiger partial charge on any atom is -0.380 e. The van der Waals surface area contributed by atoms with Crippen LogP contribution in [0.4, 0.5) is 5.69 Å². The van der Waals surface area contributed by atoms with E-state index in [0.717, 1.165) is 12.2 Å². The summed E-state index contributed by atoms with van der Waals surface area (Å²) >= 11 is 0. The number of hydrogen-bond donors (Lipinski definition) is 1. The molecule has 0 amide bonds. The molecule has 2 aromatic rings. The Bertz CT molecular complexity index is 637. The van der Waals surface area contributed by atoms with Gasteiger partial charge in [0, 0.05) is 43.8 Å². The predicted molar refractivity (Wildman–Crippen MR) is 78.6 cm³/mol. The largest absolute Gasteiger partial charge is 0.380 e. The number of aromatic nitrogens is 2. The zero-order valence-corrected chi connectivity index (χ0v) is 12.0. The summed E-state index contributed by atoms with van der Waals surface area (Å²) in [4.78, 5) is 11.5. The SMILES string of the molecule is CCn1cc(NCc2cc(C)n(C)c2C)ccc1=O. The first-order chi connectivity index (χ1) is 9.02. The summed E-state index contributed by atoms with van der Waals surface area (Å²) in [6.45, 7) is 7.66. The lowest BCUT2D eigenvalue weighted by molar-refractivity contribution is 0.727. The Hall–Kier alpha value is -1.97. The molecule has 0 aliphatic rings. The van der Waals surface area contributed by atoms with Gasteiger partial charge in [0.2, 0.25) is 0 Å². The number of aryl methyl sites for hydroxylation is 2.